The maximum atomic E-state index is 12.6. The summed E-state index contributed by atoms with van der Waals surface area (Å²) >= 11 is 0. The molecule has 4 aromatic rings. The Morgan fingerprint density at radius 3 is 2.70 bits per heavy atom. The van der Waals surface area contributed by atoms with Gasteiger partial charge in [-0.15, -0.1) is 0 Å². The van der Waals surface area contributed by atoms with Gasteiger partial charge in [0.1, 0.15) is 11.3 Å². The zero-order valence-electron chi connectivity index (χ0n) is 17.0. The molecule has 0 radical (unpaired) electrons. The summed E-state index contributed by atoms with van der Waals surface area (Å²) in [7, 11) is 1.63. The number of fused-ring (bicyclic) bond motifs is 1. The predicted octanol–water partition coefficient (Wildman–Crippen LogP) is 4.63. The Hall–Kier alpha value is -3.61. The van der Waals surface area contributed by atoms with Crippen LogP contribution in [0.5, 0.6) is 5.75 Å². The standard InChI is InChI=1S/C23H21N3O4/c1-13-4-6-16(7-5-13)26-12-15(10-20(26)27)23-24-22(25-30-23)21-14(2)18-11-17(28-3)8-9-19(18)29-21/h4-9,11,15H,10,12H2,1-3H3. The van der Waals surface area contributed by atoms with E-state index >= 15 is 0 Å². The molecule has 152 valence electrons. The van der Waals surface area contributed by atoms with Crippen LogP contribution in [0.1, 0.15) is 29.4 Å². The number of nitrogens with zero attached hydrogens (tertiary/aromatic N) is 3. The van der Waals surface area contributed by atoms with E-state index in [0.29, 0.717) is 30.4 Å². The minimum atomic E-state index is -0.148. The zero-order chi connectivity index (χ0) is 20.8. The van der Waals surface area contributed by atoms with Gasteiger partial charge in [0, 0.05) is 29.6 Å². The van der Waals surface area contributed by atoms with E-state index in [4.69, 9.17) is 13.7 Å². The van der Waals surface area contributed by atoms with E-state index in [9.17, 15) is 4.79 Å². The van der Waals surface area contributed by atoms with Crippen LogP contribution in [0.3, 0.4) is 0 Å². The van der Waals surface area contributed by atoms with Gasteiger partial charge in [0.2, 0.25) is 17.6 Å². The van der Waals surface area contributed by atoms with Crippen LogP contribution < -0.4 is 9.64 Å². The molecule has 1 aliphatic heterocycles. The molecule has 2 aromatic heterocycles. The molecule has 1 fully saturated rings. The number of aryl methyl sites for hydroxylation is 2. The molecule has 0 bridgehead atoms. The van der Waals surface area contributed by atoms with Gasteiger partial charge in [-0.25, -0.2) is 0 Å². The van der Waals surface area contributed by atoms with Gasteiger partial charge in [-0.2, -0.15) is 4.98 Å². The Labute approximate surface area is 173 Å². The van der Waals surface area contributed by atoms with Crippen molar-refractivity contribution in [2.24, 2.45) is 0 Å². The summed E-state index contributed by atoms with van der Waals surface area (Å²) in [5.74, 6) is 2.06. The van der Waals surface area contributed by atoms with E-state index in [1.54, 1.807) is 12.0 Å². The second-order valence-corrected chi connectivity index (χ2v) is 7.62. The van der Waals surface area contributed by atoms with E-state index in [0.717, 1.165) is 33.5 Å². The van der Waals surface area contributed by atoms with Crippen molar-refractivity contribution in [2.75, 3.05) is 18.6 Å². The van der Waals surface area contributed by atoms with Crippen molar-refractivity contribution in [3.63, 3.8) is 0 Å². The fourth-order valence-electron chi connectivity index (χ4n) is 3.88. The van der Waals surface area contributed by atoms with Crippen LogP contribution in [0, 0.1) is 13.8 Å². The van der Waals surface area contributed by atoms with E-state index in [1.807, 2.05) is 56.3 Å². The van der Waals surface area contributed by atoms with Crippen LogP contribution >= 0.6 is 0 Å². The van der Waals surface area contributed by atoms with Crippen molar-refractivity contribution in [3.8, 4) is 17.3 Å². The number of ether oxygens (including phenoxy) is 1. The highest BCUT2D eigenvalue weighted by molar-refractivity contribution is 5.96. The lowest BCUT2D eigenvalue weighted by atomic mass is 10.1. The molecular formula is C23H21N3O4. The molecule has 1 saturated heterocycles. The molecule has 7 nitrogen and oxygen atoms in total. The van der Waals surface area contributed by atoms with Gasteiger partial charge in [0.15, 0.2) is 5.76 Å². The minimum absolute atomic E-state index is 0.0515. The molecule has 1 unspecified atom stereocenters. The number of carbonyl (C=O) groups excluding carboxylic acids is 1. The molecule has 1 aliphatic rings. The lowest BCUT2D eigenvalue weighted by molar-refractivity contribution is -0.117. The van der Waals surface area contributed by atoms with Crippen LogP contribution in [0.4, 0.5) is 5.69 Å². The molecule has 0 spiro atoms. The summed E-state index contributed by atoms with van der Waals surface area (Å²) in [6, 6.07) is 13.6. The summed E-state index contributed by atoms with van der Waals surface area (Å²) in [5.41, 5.74) is 3.69. The number of methoxy groups -OCH3 is 1. The summed E-state index contributed by atoms with van der Waals surface area (Å²) in [6.07, 6.45) is 0.339. The van der Waals surface area contributed by atoms with Gasteiger partial charge in [0.05, 0.1) is 13.0 Å². The number of benzene rings is 2. The minimum Gasteiger partial charge on any atom is -0.497 e. The first-order valence-corrected chi connectivity index (χ1v) is 9.81. The van der Waals surface area contributed by atoms with Crippen LogP contribution in [0.25, 0.3) is 22.6 Å². The molecule has 30 heavy (non-hydrogen) atoms. The van der Waals surface area contributed by atoms with Gasteiger partial charge in [-0.3, -0.25) is 4.79 Å². The predicted molar refractivity (Wildman–Crippen MR) is 112 cm³/mol. The normalized spacial score (nSPS) is 16.6. The molecule has 5 rings (SSSR count). The summed E-state index contributed by atoms with van der Waals surface area (Å²) < 4.78 is 16.8. The number of aromatic nitrogens is 2. The average molecular weight is 403 g/mol. The Morgan fingerprint density at radius 2 is 1.93 bits per heavy atom. The number of furan rings is 1. The number of amides is 1. The highest BCUT2D eigenvalue weighted by Gasteiger charge is 2.35. The molecule has 3 heterocycles. The van der Waals surface area contributed by atoms with E-state index in [1.165, 1.54) is 0 Å². The topological polar surface area (TPSA) is 81.6 Å². The van der Waals surface area contributed by atoms with Crippen LogP contribution in [0.2, 0.25) is 0 Å². The number of hydrogen-bond acceptors (Lipinski definition) is 6. The van der Waals surface area contributed by atoms with Gasteiger partial charge in [-0.1, -0.05) is 22.9 Å². The largest absolute Gasteiger partial charge is 0.497 e. The summed E-state index contributed by atoms with van der Waals surface area (Å²) in [4.78, 5) is 18.9. The van der Waals surface area contributed by atoms with Gasteiger partial charge < -0.3 is 18.6 Å². The maximum absolute atomic E-state index is 12.6. The van der Waals surface area contributed by atoms with Crippen molar-refractivity contribution >= 4 is 22.6 Å². The monoisotopic (exact) mass is 403 g/mol. The third kappa shape index (κ3) is 3.03. The van der Waals surface area contributed by atoms with Gasteiger partial charge in [-0.05, 0) is 44.2 Å². The van der Waals surface area contributed by atoms with E-state index in [2.05, 4.69) is 10.1 Å². The van der Waals surface area contributed by atoms with E-state index < -0.39 is 0 Å². The van der Waals surface area contributed by atoms with Crippen molar-refractivity contribution < 1.29 is 18.5 Å². The summed E-state index contributed by atoms with van der Waals surface area (Å²) in [5, 5.41) is 5.07. The highest BCUT2D eigenvalue weighted by atomic mass is 16.5. The van der Waals surface area contributed by atoms with Crippen molar-refractivity contribution in [3.05, 3.63) is 59.5 Å². The Kier molecular flexibility index (Phi) is 4.31. The third-order valence-electron chi connectivity index (χ3n) is 5.61. The first-order valence-electron chi connectivity index (χ1n) is 9.81. The van der Waals surface area contributed by atoms with E-state index in [-0.39, 0.29) is 11.8 Å². The molecule has 0 saturated carbocycles. The fraction of sp³-hybridized carbons (Fsp3) is 0.261. The second-order valence-electron chi connectivity index (χ2n) is 7.62. The molecule has 0 aliphatic carbocycles. The lowest BCUT2D eigenvalue weighted by Crippen LogP contribution is -2.24. The second kappa shape index (κ2) is 7.02. The summed E-state index contributed by atoms with van der Waals surface area (Å²) in [6.45, 7) is 4.49. The smallest absolute Gasteiger partial charge is 0.238 e. The van der Waals surface area contributed by atoms with Crippen LogP contribution in [0.15, 0.2) is 51.4 Å². The number of hydrogen-bond donors (Lipinski definition) is 0. The molecule has 2 aromatic carbocycles. The first-order chi connectivity index (χ1) is 14.5. The Balaban J connectivity index is 1.42. The zero-order valence-corrected chi connectivity index (χ0v) is 17.0. The molecule has 1 atom stereocenters. The van der Waals surface area contributed by atoms with Crippen LogP contribution in [-0.4, -0.2) is 29.7 Å². The Bertz CT molecular complexity index is 1240. The molecule has 0 N–H and O–H groups in total. The lowest BCUT2D eigenvalue weighted by Gasteiger charge is -2.16. The average Bonchev–Trinajstić information content (AvgIpc) is 3.46. The maximum Gasteiger partial charge on any atom is 0.238 e. The van der Waals surface area contributed by atoms with Crippen molar-refractivity contribution in [1.29, 1.82) is 0 Å². The first kappa shape index (κ1) is 18.4. The number of carbonyl (C=O) groups is 1. The van der Waals surface area contributed by atoms with Gasteiger partial charge >= 0.3 is 0 Å². The van der Waals surface area contributed by atoms with Crippen molar-refractivity contribution in [2.45, 2.75) is 26.2 Å². The fourth-order valence-corrected chi connectivity index (χ4v) is 3.88. The molecule has 7 heteroatoms. The quantitative estimate of drug-likeness (QED) is 0.494. The molecular weight excluding hydrogens is 382 g/mol. The SMILES string of the molecule is COc1ccc2oc(-c3noc(C4CC(=O)N(c5ccc(C)cc5)C4)n3)c(C)c2c1. The van der Waals surface area contributed by atoms with Crippen LogP contribution in [-0.2, 0) is 4.79 Å². The third-order valence-corrected chi connectivity index (χ3v) is 5.61. The highest BCUT2D eigenvalue weighted by Crippen LogP contribution is 2.36. The molecule has 1 amide bonds. The number of rotatable bonds is 4. The van der Waals surface area contributed by atoms with Crippen molar-refractivity contribution in [1.82, 2.24) is 10.1 Å². The number of anilines is 1. The Morgan fingerprint density at radius 1 is 1.13 bits per heavy atom. The van der Waals surface area contributed by atoms with Gasteiger partial charge in [0.25, 0.3) is 0 Å².